The minimum atomic E-state index is 0.799. The number of hydrogen-bond acceptors (Lipinski definition) is 4. The predicted molar refractivity (Wildman–Crippen MR) is 49.4 cm³/mol. The first-order chi connectivity index (χ1) is 5.95. The third kappa shape index (κ3) is 1.71. The van der Waals surface area contributed by atoms with Crippen molar-refractivity contribution < 1.29 is 4.28 Å². The van der Waals surface area contributed by atoms with Crippen LogP contribution in [-0.2, 0) is 10.7 Å². The largest absolute Gasteiger partial charge is 0.297 e. The van der Waals surface area contributed by atoms with Crippen LogP contribution in [0.25, 0.3) is 0 Å². The summed E-state index contributed by atoms with van der Waals surface area (Å²) in [5, 5.41) is 3.80. The molecule has 1 aliphatic heterocycles. The molecule has 2 rings (SSSR count). The molecule has 0 radical (unpaired) electrons. The zero-order valence-corrected chi connectivity index (χ0v) is 7.17. The van der Waals surface area contributed by atoms with Crippen LogP contribution in [0.2, 0.25) is 0 Å². The molecule has 1 N–H and O–H groups in total. The number of hydrogen-bond donors (Lipinski definition) is 1. The Balaban J connectivity index is 2.04. The summed E-state index contributed by atoms with van der Waals surface area (Å²) >= 11 is 1.15. The minimum absolute atomic E-state index is 0.799. The van der Waals surface area contributed by atoms with Gasteiger partial charge in [0.05, 0.1) is 0 Å². The normalized spacial score (nSPS) is 14.8. The van der Waals surface area contributed by atoms with Crippen molar-refractivity contribution in [3.05, 3.63) is 35.9 Å². The average molecular weight is 180 g/mol. The second-order valence-corrected chi connectivity index (χ2v) is 2.98. The van der Waals surface area contributed by atoms with E-state index < -0.39 is 0 Å². The van der Waals surface area contributed by atoms with E-state index in [4.69, 9.17) is 4.28 Å². The number of rotatable bonds is 2. The number of nitrogens with one attached hydrogen (secondary N) is 1. The number of amidine groups is 1. The molecule has 0 aliphatic carbocycles. The first-order valence-corrected chi connectivity index (χ1v) is 4.39. The lowest BCUT2D eigenvalue weighted by Gasteiger charge is -1.97. The highest BCUT2D eigenvalue weighted by molar-refractivity contribution is 7.93. The first-order valence-electron chi connectivity index (χ1n) is 3.64. The van der Waals surface area contributed by atoms with Crippen LogP contribution in [0.1, 0.15) is 5.56 Å². The Labute approximate surface area is 75.1 Å². The van der Waals surface area contributed by atoms with Crippen molar-refractivity contribution in [3.63, 3.8) is 0 Å². The van der Waals surface area contributed by atoms with Gasteiger partial charge in [-0.2, -0.15) is 0 Å². The molecule has 0 aromatic heterocycles. The molecule has 0 bridgehead atoms. The molecule has 0 spiro atoms. The number of nitrogens with zero attached hydrogens (tertiary/aromatic N) is 1. The van der Waals surface area contributed by atoms with Crippen molar-refractivity contribution in [1.82, 2.24) is 4.72 Å². The fourth-order valence-corrected chi connectivity index (χ4v) is 1.38. The molecule has 1 aromatic rings. The van der Waals surface area contributed by atoms with E-state index in [1.807, 2.05) is 18.2 Å². The van der Waals surface area contributed by atoms with Gasteiger partial charge in [-0.3, -0.25) is 9.01 Å². The van der Waals surface area contributed by atoms with Crippen molar-refractivity contribution in [2.45, 2.75) is 6.42 Å². The quantitative estimate of drug-likeness (QED) is 0.556. The lowest BCUT2D eigenvalue weighted by Crippen LogP contribution is -2.13. The van der Waals surface area contributed by atoms with E-state index >= 15 is 0 Å². The molecule has 0 atom stereocenters. The molecule has 4 heteroatoms. The molecule has 0 fully saturated rings. The smallest absolute Gasteiger partial charge is 0.208 e. The summed E-state index contributed by atoms with van der Waals surface area (Å²) in [4.78, 5) is 0. The molecule has 62 valence electrons. The summed E-state index contributed by atoms with van der Waals surface area (Å²) in [6, 6.07) is 10.1. The van der Waals surface area contributed by atoms with Gasteiger partial charge in [0.15, 0.2) is 5.84 Å². The van der Waals surface area contributed by atoms with Crippen LogP contribution >= 0.6 is 12.2 Å². The highest BCUT2D eigenvalue weighted by Crippen LogP contribution is 2.09. The van der Waals surface area contributed by atoms with Crippen LogP contribution in [0.15, 0.2) is 35.5 Å². The number of oxime groups is 1. The van der Waals surface area contributed by atoms with Crippen molar-refractivity contribution >= 4 is 18.1 Å². The maximum absolute atomic E-state index is 4.72. The van der Waals surface area contributed by atoms with Gasteiger partial charge < -0.3 is 0 Å². The standard InChI is InChI=1S/C8H8N2OS/c1-2-4-7(5-3-1)6-8-9-11-12-10-8/h1-5H,6H2,(H,9,10). The molecular weight excluding hydrogens is 172 g/mol. The third-order valence-corrected chi connectivity index (χ3v) is 2.03. The van der Waals surface area contributed by atoms with E-state index in [1.54, 1.807) is 0 Å². The van der Waals surface area contributed by atoms with Crippen molar-refractivity contribution in [2.24, 2.45) is 5.16 Å². The molecule has 1 heterocycles. The summed E-state index contributed by atoms with van der Waals surface area (Å²) in [7, 11) is 0. The molecule has 3 nitrogen and oxygen atoms in total. The van der Waals surface area contributed by atoms with Gasteiger partial charge in [0, 0.05) is 6.42 Å². The van der Waals surface area contributed by atoms with Crippen LogP contribution in [-0.4, -0.2) is 5.84 Å². The van der Waals surface area contributed by atoms with E-state index in [-0.39, 0.29) is 0 Å². The number of benzene rings is 1. The molecule has 0 saturated heterocycles. The summed E-state index contributed by atoms with van der Waals surface area (Å²) in [6.45, 7) is 0. The predicted octanol–water partition coefficient (Wildman–Crippen LogP) is 1.73. The molecule has 1 aliphatic rings. The molecule has 0 amide bonds. The van der Waals surface area contributed by atoms with Crippen molar-refractivity contribution in [1.29, 1.82) is 0 Å². The molecule has 1 aromatic carbocycles. The highest BCUT2D eigenvalue weighted by atomic mass is 32.2. The summed E-state index contributed by atoms with van der Waals surface area (Å²) in [5.41, 5.74) is 1.23. The van der Waals surface area contributed by atoms with Gasteiger partial charge in [0.25, 0.3) is 0 Å². The topological polar surface area (TPSA) is 33.6 Å². The molecular formula is C8H8N2OS. The van der Waals surface area contributed by atoms with Crippen LogP contribution in [0.4, 0.5) is 0 Å². The van der Waals surface area contributed by atoms with E-state index in [0.717, 1.165) is 24.5 Å². The van der Waals surface area contributed by atoms with E-state index in [2.05, 4.69) is 22.0 Å². The van der Waals surface area contributed by atoms with Crippen LogP contribution < -0.4 is 4.72 Å². The Morgan fingerprint density at radius 2 is 2.17 bits per heavy atom. The Morgan fingerprint density at radius 1 is 1.33 bits per heavy atom. The minimum Gasteiger partial charge on any atom is -0.297 e. The van der Waals surface area contributed by atoms with E-state index in [9.17, 15) is 0 Å². The van der Waals surface area contributed by atoms with Gasteiger partial charge in [-0.25, -0.2) is 0 Å². The fourth-order valence-electron chi connectivity index (χ4n) is 1.01. The van der Waals surface area contributed by atoms with Crippen LogP contribution in [0.3, 0.4) is 0 Å². The maximum atomic E-state index is 4.72. The Hall–Kier alpha value is -1.16. The Bertz CT molecular complexity index is 286. The van der Waals surface area contributed by atoms with Crippen LogP contribution in [0, 0.1) is 0 Å². The van der Waals surface area contributed by atoms with Gasteiger partial charge in [0.2, 0.25) is 12.2 Å². The Morgan fingerprint density at radius 3 is 2.83 bits per heavy atom. The molecule has 0 saturated carbocycles. The highest BCUT2D eigenvalue weighted by Gasteiger charge is 2.07. The summed E-state index contributed by atoms with van der Waals surface area (Å²) in [5.74, 6) is 0.867. The monoisotopic (exact) mass is 180 g/mol. The van der Waals surface area contributed by atoms with Gasteiger partial charge in [-0.1, -0.05) is 35.5 Å². The summed E-state index contributed by atoms with van der Waals surface area (Å²) < 4.78 is 7.67. The lowest BCUT2D eigenvalue weighted by atomic mass is 10.1. The van der Waals surface area contributed by atoms with Gasteiger partial charge >= 0.3 is 0 Å². The second kappa shape index (κ2) is 3.49. The fraction of sp³-hybridized carbons (Fsp3) is 0.125. The lowest BCUT2D eigenvalue weighted by molar-refractivity contribution is 0.415. The maximum Gasteiger partial charge on any atom is 0.208 e. The van der Waals surface area contributed by atoms with Crippen LogP contribution in [0.5, 0.6) is 0 Å². The van der Waals surface area contributed by atoms with Gasteiger partial charge in [-0.15, -0.1) is 0 Å². The summed E-state index contributed by atoms with van der Waals surface area (Å²) in [6.07, 6.45) is 0.799. The zero-order chi connectivity index (χ0) is 8.23. The van der Waals surface area contributed by atoms with Crippen molar-refractivity contribution in [2.75, 3.05) is 0 Å². The van der Waals surface area contributed by atoms with Gasteiger partial charge in [0.1, 0.15) is 0 Å². The SMILES string of the molecule is c1ccc(CC2=NOSN2)cc1. The van der Waals surface area contributed by atoms with E-state index in [0.29, 0.717) is 0 Å². The average Bonchev–Trinajstić information content (AvgIpc) is 2.59. The Kier molecular flexibility index (Phi) is 2.18. The molecule has 12 heavy (non-hydrogen) atoms. The second-order valence-electron chi connectivity index (χ2n) is 2.46. The molecule has 0 unspecified atom stereocenters. The first kappa shape index (κ1) is 7.49. The third-order valence-electron chi connectivity index (χ3n) is 1.56. The van der Waals surface area contributed by atoms with E-state index in [1.165, 1.54) is 5.56 Å². The zero-order valence-electron chi connectivity index (χ0n) is 6.36. The van der Waals surface area contributed by atoms with Crippen molar-refractivity contribution in [3.8, 4) is 0 Å². The van der Waals surface area contributed by atoms with Gasteiger partial charge in [-0.05, 0) is 5.56 Å².